The van der Waals surface area contributed by atoms with Crippen LogP contribution in [0.4, 0.5) is 14.7 Å². The molecule has 0 saturated carbocycles. The van der Waals surface area contributed by atoms with Crippen molar-refractivity contribution in [2.45, 2.75) is 13.3 Å². The van der Waals surface area contributed by atoms with Gasteiger partial charge in [0.25, 0.3) is 0 Å². The van der Waals surface area contributed by atoms with E-state index in [1.807, 2.05) is 6.92 Å². The largest absolute Gasteiger partial charge is 0.368 e. The number of nitrogens with two attached hydrogens (primary N) is 1. The molecular weight excluding hydrogens is 224 g/mol. The number of benzene rings is 1. The van der Waals surface area contributed by atoms with Crippen molar-refractivity contribution in [3.63, 3.8) is 0 Å². The Balaban J connectivity index is 2.60. The molecular formula is C12H11F2N3. The van der Waals surface area contributed by atoms with Gasteiger partial charge in [-0.15, -0.1) is 0 Å². The van der Waals surface area contributed by atoms with E-state index < -0.39 is 11.6 Å². The van der Waals surface area contributed by atoms with Gasteiger partial charge in [-0.25, -0.2) is 18.7 Å². The highest BCUT2D eigenvalue weighted by Crippen LogP contribution is 2.23. The number of rotatable bonds is 2. The summed E-state index contributed by atoms with van der Waals surface area (Å²) in [5.41, 5.74) is 6.60. The maximum Gasteiger partial charge on any atom is 0.220 e. The molecule has 2 aromatic rings. The molecule has 0 aliphatic rings. The number of hydrogen-bond donors (Lipinski definition) is 1. The number of aryl methyl sites for hydroxylation is 1. The van der Waals surface area contributed by atoms with Crippen molar-refractivity contribution < 1.29 is 8.78 Å². The van der Waals surface area contributed by atoms with Crippen LogP contribution < -0.4 is 5.73 Å². The van der Waals surface area contributed by atoms with E-state index in [1.165, 1.54) is 12.1 Å². The highest BCUT2D eigenvalue weighted by atomic mass is 19.2. The van der Waals surface area contributed by atoms with Crippen molar-refractivity contribution in [1.29, 1.82) is 0 Å². The summed E-state index contributed by atoms with van der Waals surface area (Å²) in [5.74, 6) is -1.77. The zero-order valence-electron chi connectivity index (χ0n) is 9.24. The van der Waals surface area contributed by atoms with Gasteiger partial charge >= 0.3 is 0 Å². The van der Waals surface area contributed by atoms with Crippen LogP contribution in [0.15, 0.2) is 24.3 Å². The first kappa shape index (κ1) is 11.4. The third kappa shape index (κ3) is 2.22. The highest BCUT2D eigenvalue weighted by molar-refractivity contribution is 5.61. The number of nitrogens with zero attached hydrogens (tertiary/aromatic N) is 2. The van der Waals surface area contributed by atoms with Gasteiger partial charge < -0.3 is 5.73 Å². The van der Waals surface area contributed by atoms with E-state index in [4.69, 9.17) is 5.73 Å². The molecule has 2 N–H and O–H groups in total. The van der Waals surface area contributed by atoms with E-state index in [0.29, 0.717) is 17.8 Å². The molecule has 5 heteroatoms. The second-order valence-electron chi connectivity index (χ2n) is 3.56. The van der Waals surface area contributed by atoms with Crippen molar-refractivity contribution >= 4 is 5.95 Å². The van der Waals surface area contributed by atoms with Crippen molar-refractivity contribution in [3.05, 3.63) is 41.6 Å². The summed E-state index contributed by atoms with van der Waals surface area (Å²) in [4.78, 5) is 7.89. The van der Waals surface area contributed by atoms with Crippen LogP contribution >= 0.6 is 0 Å². The van der Waals surface area contributed by atoms with Crippen LogP contribution in [-0.2, 0) is 6.42 Å². The van der Waals surface area contributed by atoms with Gasteiger partial charge in [0.15, 0.2) is 11.6 Å². The molecule has 0 bridgehead atoms. The van der Waals surface area contributed by atoms with Gasteiger partial charge in [0.05, 0.1) is 5.69 Å². The molecule has 3 nitrogen and oxygen atoms in total. The Kier molecular flexibility index (Phi) is 2.99. The normalized spacial score (nSPS) is 10.5. The molecule has 0 atom stereocenters. The maximum absolute atomic E-state index is 13.6. The van der Waals surface area contributed by atoms with Gasteiger partial charge in [0.1, 0.15) is 0 Å². The number of aromatic nitrogens is 2. The summed E-state index contributed by atoms with van der Waals surface area (Å²) in [5, 5.41) is 0. The molecule has 0 aliphatic heterocycles. The molecule has 0 fully saturated rings. The lowest BCUT2D eigenvalue weighted by Crippen LogP contribution is -2.01. The van der Waals surface area contributed by atoms with E-state index in [9.17, 15) is 8.78 Å². The van der Waals surface area contributed by atoms with E-state index in [0.717, 1.165) is 6.07 Å². The van der Waals surface area contributed by atoms with Crippen LogP contribution in [0.5, 0.6) is 0 Å². The fraction of sp³-hybridized carbons (Fsp3) is 0.167. The first-order valence-corrected chi connectivity index (χ1v) is 5.19. The van der Waals surface area contributed by atoms with Crippen molar-refractivity contribution in [1.82, 2.24) is 9.97 Å². The van der Waals surface area contributed by atoms with Crippen LogP contribution in [0, 0.1) is 11.6 Å². The first-order chi connectivity index (χ1) is 8.11. The molecule has 1 aromatic heterocycles. The van der Waals surface area contributed by atoms with Crippen LogP contribution in [-0.4, -0.2) is 9.97 Å². The minimum atomic E-state index is -0.923. The summed E-state index contributed by atoms with van der Waals surface area (Å²) in [6.45, 7) is 1.90. The van der Waals surface area contributed by atoms with Crippen LogP contribution in [0.3, 0.4) is 0 Å². The zero-order valence-corrected chi connectivity index (χ0v) is 9.24. The van der Waals surface area contributed by atoms with Crippen molar-refractivity contribution in [3.8, 4) is 11.3 Å². The van der Waals surface area contributed by atoms with Gasteiger partial charge in [-0.3, -0.25) is 0 Å². The number of nitrogen functional groups attached to an aromatic ring is 1. The molecule has 17 heavy (non-hydrogen) atoms. The van der Waals surface area contributed by atoms with Gasteiger partial charge in [0, 0.05) is 11.3 Å². The fourth-order valence-electron chi connectivity index (χ4n) is 1.54. The molecule has 0 spiro atoms. The molecule has 0 radical (unpaired) electrons. The molecule has 2 rings (SSSR count). The van der Waals surface area contributed by atoms with Gasteiger partial charge in [-0.05, 0) is 24.6 Å². The van der Waals surface area contributed by atoms with Crippen molar-refractivity contribution in [2.75, 3.05) is 5.73 Å². The van der Waals surface area contributed by atoms with Crippen LogP contribution in [0.1, 0.15) is 12.6 Å². The lowest BCUT2D eigenvalue weighted by Gasteiger charge is -2.06. The quantitative estimate of drug-likeness (QED) is 0.870. The zero-order chi connectivity index (χ0) is 12.4. The Morgan fingerprint density at radius 2 is 2.00 bits per heavy atom. The Labute approximate surface area is 97.3 Å². The van der Waals surface area contributed by atoms with Crippen LogP contribution in [0.2, 0.25) is 0 Å². The van der Waals surface area contributed by atoms with Crippen molar-refractivity contribution in [2.24, 2.45) is 0 Å². The second-order valence-corrected chi connectivity index (χ2v) is 3.56. The van der Waals surface area contributed by atoms with Gasteiger partial charge in [-0.1, -0.05) is 13.0 Å². The first-order valence-electron chi connectivity index (χ1n) is 5.19. The second kappa shape index (κ2) is 4.45. The SMILES string of the molecule is CCc1cc(-c2cccc(F)c2F)nc(N)n1. The monoisotopic (exact) mass is 235 g/mol. The summed E-state index contributed by atoms with van der Waals surface area (Å²) in [7, 11) is 0. The van der Waals surface area contributed by atoms with E-state index in [1.54, 1.807) is 6.07 Å². The average molecular weight is 235 g/mol. The molecule has 1 heterocycles. The minimum absolute atomic E-state index is 0.0583. The Morgan fingerprint density at radius 3 is 2.71 bits per heavy atom. The average Bonchev–Trinajstić information content (AvgIpc) is 2.31. The number of hydrogen-bond acceptors (Lipinski definition) is 3. The summed E-state index contributed by atoms with van der Waals surface area (Å²) >= 11 is 0. The molecule has 0 unspecified atom stereocenters. The summed E-state index contributed by atoms with van der Waals surface area (Å²) in [6.07, 6.45) is 0.649. The Bertz CT molecular complexity index is 555. The predicted molar refractivity (Wildman–Crippen MR) is 61.2 cm³/mol. The van der Waals surface area contributed by atoms with E-state index in [-0.39, 0.29) is 11.5 Å². The van der Waals surface area contributed by atoms with Crippen LogP contribution in [0.25, 0.3) is 11.3 Å². The summed E-state index contributed by atoms with van der Waals surface area (Å²) in [6, 6.07) is 5.55. The topological polar surface area (TPSA) is 51.8 Å². The van der Waals surface area contributed by atoms with E-state index in [2.05, 4.69) is 9.97 Å². The third-order valence-electron chi connectivity index (χ3n) is 2.39. The number of halogens is 2. The predicted octanol–water partition coefficient (Wildman–Crippen LogP) is 2.57. The maximum atomic E-state index is 13.6. The standard InChI is InChI=1S/C12H11F2N3/c1-2-7-6-10(17-12(15)16-7)8-4-3-5-9(13)11(8)14/h3-6H,2H2,1H3,(H2,15,16,17). The lowest BCUT2D eigenvalue weighted by molar-refractivity contribution is 0.511. The van der Waals surface area contributed by atoms with E-state index >= 15 is 0 Å². The molecule has 0 amide bonds. The molecule has 0 aliphatic carbocycles. The Hall–Kier alpha value is -2.04. The fourth-order valence-corrected chi connectivity index (χ4v) is 1.54. The Morgan fingerprint density at radius 1 is 1.24 bits per heavy atom. The van der Waals surface area contributed by atoms with Gasteiger partial charge in [0.2, 0.25) is 5.95 Å². The smallest absolute Gasteiger partial charge is 0.220 e. The lowest BCUT2D eigenvalue weighted by atomic mass is 10.1. The molecule has 0 saturated heterocycles. The number of anilines is 1. The molecule has 88 valence electrons. The van der Waals surface area contributed by atoms with Gasteiger partial charge in [-0.2, -0.15) is 0 Å². The highest BCUT2D eigenvalue weighted by Gasteiger charge is 2.12. The third-order valence-corrected chi connectivity index (χ3v) is 2.39. The summed E-state index contributed by atoms with van der Waals surface area (Å²) < 4.78 is 26.7. The minimum Gasteiger partial charge on any atom is -0.368 e. The molecule has 1 aromatic carbocycles.